The predicted octanol–water partition coefficient (Wildman–Crippen LogP) is 0.520. The van der Waals surface area contributed by atoms with E-state index in [0.717, 1.165) is 11.4 Å². The Hall–Kier alpha value is -3.86. The number of nitrogens with two attached hydrogens (primary N) is 2. The van der Waals surface area contributed by atoms with Crippen molar-refractivity contribution in [2.75, 3.05) is 31.8 Å². The summed E-state index contributed by atoms with van der Waals surface area (Å²) in [4.78, 5) is 11.6. The van der Waals surface area contributed by atoms with Crippen LogP contribution in [0.15, 0.2) is 36.5 Å². The molecule has 152 valence electrons. The fourth-order valence-electron chi connectivity index (χ4n) is 2.67. The van der Waals surface area contributed by atoms with E-state index in [2.05, 4.69) is 20.6 Å². The highest BCUT2D eigenvalue weighted by atomic mass is 16.5. The minimum atomic E-state index is -0.528. The number of nitrogen functional groups attached to an aromatic ring is 2. The van der Waals surface area contributed by atoms with Gasteiger partial charge in [-0.15, -0.1) is 5.10 Å². The Morgan fingerprint density at radius 3 is 2.59 bits per heavy atom. The normalized spacial score (nSPS) is 10.4. The summed E-state index contributed by atoms with van der Waals surface area (Å²) in [6.07, 6.45) is 1.97. The molecule has 11 heteroatoms. The summed E-state index contributed by atoms with van der Waals surface area (Å²) in [6.45, 7) is 0.647. The maximum atomic E-state index is 11.6. The summed E-state index contributed by atoms with van der Waals surface area (Å²) in [7, 11) is 3.19. The molecule has 0 aliphatic heterocycles. The standard InChI is InChI=1S/C18H22N8O3/c1-28-14-5-3-12(9-15(14)29-2)21-8-7-11-4-6-16(25-24-11)26-17(19)13(10-22-26)18(27)23-20/h3-6,9-10,21H,7-8,19-20H2,1-2H3,(H,23,27). The number of anilines is 2. The van der Waals surface area contributed by atoms with Crippen LogP contribution in [0.5, 0.6) is 11.5 Å². The van der Waals surface area contributed by atoms with Gasteiger partial charge in [0.2, 0.25) is 0 Å². The molecular formula is C18H22N8O3. The molecular weight excluding hydrogens is 376 g/mol. The lowest BCUT2D eigenvalue weighted by molar-refractivity contribution is 0.0954. The Bertz CT molecular complexity index is 987. The van der Waals surface area contributed by atoms with Crippen molar-refractivity contribution in [3.63, 3.8) is 0 Å². The zero-order valence-electron chi connectivity index (χ0n) is 16.0. The largest absolute Gasteiger partial charge is 0.493 e. The molecule has 0 radical (unpaired) electrons. The van der Waals surface area contributed by atoms with Crippen LogP contribution in [0.3, 0.4) is 0 Å². The molecule has 2 aromatic heterocycles. The molecule has 6 N–H and O–H groups in total. The molecule has 11 nitrogen and oxygen atoms in total. The quantitative estimate of drug-likeness (QED) is 0.241. The van der Waals surface area contributed by atoms with Crippen LogP contribution < -0.4 is 31.8 Å². The first-order valence-corrected chi connectivity index (χ1v) is 8.70. The number of aromatic nitrogens is 4. The number of nitrogens with one attached hydrogen (secondary N) is 2. The molecule has 0 atom stereocenters. The Labute approximate surface area is 167 Å². The number of amides is 1. The Balaban J connectivity index is 1.62. The van der Waals surface area contributed by atoms with E-state index in [-0.39, 0.29) is 11.4 Å². The predicted molar refractivity (Wildman–Crippen MR) is 107 cm³/mol. The smallest absolute Gasteiger partial charge is 0.270 e. The topological polar surface area (TPSA) is 155 Å². The maximum Gasteiger partial charge on any atom is 0.270 e. The number of carbonyl (C=O) groups is 1. The highest BCUT2D eigenvalue weighted by Gasteiger charge is 2.16. The van der Waals surface area contributed by atoms with Gasteiger partial charge in [-0.05, 0) is 24.3 Å². The third-order valence-corrected chi connectivity index (χ3v) is 4.20. The molecule has 0 saturated heterocycles. The summed E-state index contributed by atoms with van der Waals surface area (Å²) in [5.41, 5.74) is 9.80. The lowest BCUT2D eigenvalue weighted by Gasteiger charge is -2.11. The van der Waals surface area contributed by atoms with E-state index in [1.165, 1.54) is 10.9 Å². The molecule has 29 heavy (non-hydrogen) atoms. The van der Waals surface area contributed by atoms with Crippen molar-refractivity contribution in [2.45, 2.75) is 6.42 Å². The zero-order chi connectivity index (χ0) is 20.8. The number of benzene rings is 1. The van der Waals surface area contributed by atoms with Crippen molar-refractivity contribution in [2.24, 2.45) is 5.84 Å². The molecule has 1 aromatic carbocycles. The van der Waals surface area contributed by atoms with E-state index in [1.54, 1.807) is 20.3 Å². The number of ether oxygens (including phenoxy) is 2. The van der Waals surface area contributed by atoms with Crippen LogP contribution in [0.4, 0.5) is 11.5 Å². The van der Waals surface area contributed by atoms with Crippen molar-refractivity contribution in [3.05, 3.63) is 47.8 Å². The average Bonchev–Trinajstić information content (AvgIpc) is 3.14. The second-order valence-corrected chi connectivity index (χ2v) is 5.96. The molecule has 0 fully saturated rings. The molecule has 0 saturated carbocycles. The molecule has 0 unspecified atom stereocenters. The van der Waals surface area contributed by atoms with E-state index in [1.807, 2.05) is 29.7 Å². The van der Waals surface area contributed by atoms with Crippen molar-refractivity contribution in [3.8, 4) is 17.3 Å². The average molecular weight is 398 g/mol. The lowest BCUT2D eigenvalue weighted by atomic mass is 10.2. The third-order valence-electron chi connectivity index (χ3n) is 4.20. The lowest BCUT2D eigenvalue weighted by Crippen LogP contribution is -2.30. The van der Waals surface area contributed by atoms with Crippen molar-refractivity contribution in [1.82, 2.24) is 25.4 Å². The highest BCUT2D eigenvalue weighted by Crippen LogP contribution is 2.29. The van der Waals surface area contributed by atoms with Gasteiger partial charge in [0.1, 0.15) is 11.4 Å². The van der Waals surface area contributed by atoms with Crippen LogP contribution in [0, 0.1) is 0 Å². The van der Waals surface area contributed by atoms with Gasteiger partial charge in [0.05, 0.1) is 26.1 Å². The van der Waals surface area contributed by atoms with Gasteiger partial charge in [0.15, 0.2) is 17.3 Å². The van der Waals surface area contributed by atoms with Crippen molar-refractivity contribution < 1.29 is 14.3 Å². The number of methoxy groups -OCH3 is 2. The number of rotatable bonds is 8. The summed E-state index contributed by atoms with van der Waals surface area (Å²) in [5, 5.41) is 15.7. The number of hydrazine groups is 1. The summed E-state index contributed by atoms with van der Waals surface area (Å²) >= 11 is 0. The van der Waals surface area contributed by atoms with E-state index in [9.17, 15) is 4.79 Å². The van der Waals surface area contributed by atoms with Crippen LogP contribution in [-0.2, 0) is 6.42 Å². The SMILES string of the molecule is COc1ccc(NCCc2ccc(-n3ncc(C(=O)NN)c3N)nn2)cc1OC. The van der Waals surface area contributed by atoms with Crippen LogP contribution in [0.25, 0.3) is 5.82 Å². The summed E-state index contributed by atoms with van der Waals surface area (Å²) in [5.74, 6) is 6.45. The third kappa shape index (κ3) is 4.35. The Morgan fingerprint density at radius 1 is 1.14 bits per heavy atom. The molecule has 0 spiro atoms. The van der Waals surface area contributed by atoms with Gasteiger partial charge in [-0.3, -0.25) is 10.2 Å². The van der Waals surface area contributed by atoms with E-state index in [4.69, 9.17) is 21.1 Å². The van der Waals surface area contributed by atoms with E-state index < -0.39 is 5.91 Å². The summed E-state index contributed by atoms with van der Waals surface area (Å²) < 4.78 is 11.8. The minimum Gasteiger partial charge on any atom is -0.493 e. The zero-order valence-corrected chi connectivity index (χ0v) is 16.0. The fourth-order valence-corrected chi connectivity index (χ4v) is 2.67. The molecule has 3 rings (SSSR count). The van der Waals surface area contributed by atoms with Gasteiger partial charge in [-0.2, -0.15) is 14.9 Å². The van der Waals surface area contributed by atoms with Gasteiger partial charge < -0.3 is 20.5 Å². The number of hydrogen-bond acceptors (Lipinski definition) is 9. The monoisotopic (exact) mass is 398 g/mol. The molecule has 0 aliphatic carbocycles. The summed E-state index contributed by atoms with van der Waals surface area (Å²) in [6, 6.07) is 9.16. The molecule has 3 aromatic rings. The van der Waals surface area contributed by atoms with Crippen molar-refractivity contribution >= 4 is 17.4 Å². The number of carbonyl (C=O) groups excluding carboxylic acids is 1. The van der Waals surface area contributed by atoms with E-state index in [0.29, 0.717) is 30.3 Å². The first-order valence-electron chi connectivity index (χ1n) is 8.70. The molecule has 0 bridgehead atoms. The molecule has 0 aliphatic rings. The number of hydrogen-bond donors (Lipinski definition) is 4. The molecule has 1 amide bonds. The van der Waals surface area contributed by atoms with Crippen LogP contribution in [0.1, 0.15) is 16.1 Å². The second kappa shape index (κ2) is 8.89. The number of nitrogens with zero attached hydrogens (tertiary/aromatic N) is 4. The van der Waals surface area contributed by atoms with Crippen LogP contribution in [-0.4, -0.2) is 46.6 Å². The highest BCUT2D eigenvalue weighted by molar-refractivity contribution is 5.98. The minimum absolute atomic E-state index is 0.130. The Kier molecular flexibility index (Phi) is 6.09. The van der Waals surface area contributed by atoms with Crippen LogP contribution in [0.2, 0.25) is 0 Å². The maximum absolute atomic E-state index is 11.6. The molecule has 2 heterocycles. The van der Waals surface area contributed by atoms with Crippen LogP contribution >= 0.6 is 0 Å². The Morgan fingerprint density at radius 2 is 1.93 bits per heavy atom. The fraction of sp³-hybridized carbons (Fsp3) is 0.222. The van der Waals surface area contributed by atoms with Gasteiger partial charge in [0, 0.05) is 24.7 Å². The van der Waals surface area contributed by atoms with Gasteiger partial charge in [-0.25, -0.2) is 5.84 Å². The van der Waals surface area contributed by atoms with Crippen molar-refractivity contribution in [1.29, 1.82) is 0 Å². The van der Waals surface area contributed by atoms with E-state index >= 15 is 0 Å². The van der Waals surface area contributed by atoms with Gasteiger partial charge in [0.25, 0.3) is 5.91 Å². The first-order chi connectivity index (χ1) is 14.1. The second-order valence-electron chi connectivity index (χ2n) is 5.96. The first kappa shape index (κ1) is 19.9. The van der Waals surface area contributed by atoms with Gasteiger partial charge >= 0.3 is 0 Å². The van der Waals surface area contributed by atoms with Gasteiger partial charge in [-0.1, -0.05) is 0 Å².